The number of thiophene rings is 1. The summed E-state index contributed by atoms with van der Waals surface area (Å²) in [6.07, 6.45) is 0. The predicted octanol–water partition coefficient (Wildman–Crippen LogP) is 3.36. The molecule has 1 aromatic heterocycles. The van der Waals surface area contributed by atoms with Crippen molar-refractivity contribution in [1.29, 1.82) is 5.26 Å². The highest BCUT2D eigenvalue weighted by Gasteiger charge is 2.16. The molecule has 0 saturated heterocycles. The average Bonchev–Trinajstić information content (AvgIpc) is 2.88. The molecule has 0 radical (unpaired) electrons. The molecule has 112 valence electrons. The summed E-state index contributed by atoms with van der Waals surface area (Å²) in [4.78, 5) is 24.4. The van der Waals surface area contributed by atoms with Crippen molar-refractivity contribution in [2.75, 3.05) is 11.9 Å². The highest BCUT2D eigenvalue weighted by Crippen LogP contribution is 2.27. The maximum atomic E-state index is 12.1. The summed E-state index contributed by atoms with van der Waals surface area (Å²) < 4.78 is 4.97. The molecule has 0 unspecified atom stereocenters. The zero-order valence-electron chi connectivity index (χ0n) is 12.2. The Balaban J connectivity index is 2.13. The second-order valence-electron chi connectivity index (χ2n) is 4.49. The number of nitrogens with zero attached hydrogens (tertiary/aromatic N) is 1. The zero-order valence-corrected chi connectivity index (χ0v) is 13.0. The fraction of sp³-hybridized carbons (Fsp3) is 0.188. The molecule has 0 saturated carbocycles. The van der Waals surface area contributed by atoms with Crippen LogP contribution in [-0.2, 0) is 4.74 Å². The molecule has 0 fully saturated rings. The average molecular weight is 314 g/mol. The fourth-order valence-electron chi connectivity index (χ4n) is 1.82. The molecular weight excluding hydrogens is 300 g/mol. The fourth-order valence-corrected chi connectivity index (χ4v) is 2.78. The predicted molar refractivity (Wildman–Crippen MR) is 84.1 cm³/mol. The Kier molecular flexibility index (Phi) is 4.92. The van der Waals surface area contributed by atoms with Crippen LogP contribution < -0.4 is 5.32 Å². The molecule has 0 aliphatic heterocycles. The van der Waals surface area contributed by atoms with Gasteiger partial charge in [0, 0.05) is 5.56 Å². The molecule has 1 aromatic carbocycles. The molecule has 0 spiro atoms. The van der Waals surface area contributed by atoms with Gasteiger partial charge in [-0.2, -0.15) is 5.26 Å². The van der Waals surface area contributed by atoms with Crippen molar-refractivity contribution in [3.8, 4) is 6.07 Å². The number of hydrogen-bond donors (Lipinski definition) is 1. The van der Waals surface area contributed by atoms with Crippen LogP contribution in [0.5, 0.6) is 0 Å². The van der Waals surface area contributed by atoms with Crippen molar-refractivity contribution in [2.24, 2.45) is 0 Å². The monoisotopic (exact) mass is 314 g/mol. The van der Waals surface area contributed by atoms with Gasteiger partial charge in [-0.15, -0.1) is 11.3 Å². The Morgan fingerprint density at radius 2 is 2.00 bits per heavy atom. The van der Waals surface area contributed by atoms with Crippen LogP contribution in [0.2, 0.25) is 0 Å². The van der Waals surface area contributed by atoms with E-state index in [4.69, 9.17) is 10.00 Å². The van der Waals surface area contributed by atoms with Gasteiger partial charge < -0.3 is 10.1 Å². The lowest BCUT2D eigenvalue weighted by Crippen LogP contribution is -2.10. The van der Waals surface area contributed by atoms with Crippen molar-refractivity contribution in [2.45, 2.75) is 13.8 Å². The first kappa shape index (κ1) is 15.7. The molecule has 0 bridgehead atoms. The summed E-state index contributed by atoms with van der Waals surface area (Å²) in [5, 5.41) is 12.1. The summed E-state index contributed by atoms with van der Waals surface area (Å²) in [6.45, 7) is 3.84. The highest BCUT2D eigenvalue weighted by atomic mass is 32.1. The molecule has 1 amide bonds. The first-order chi connectivity index (χ1) is 10.5. The second-order valence-corrected chi connectivity index (χ2v) is 5.54. The van der Waals surface area contributed by atoms with E-state index >= 15 is 0 Å². The summed E-state index contributed by atoms with van der Waals surface area (Å²) in [5.41, 5.74) is 1.70. The third-order valence-electron chi connectivity index (χ3n) is 2.89. The Bertz CT molecular complexity index is 742. The molecule has 1 N–H and O–H groups in total. The quantitative estimate of drug-likeness (QED) is 0.878. The van der Waals surface area contributed by atoms with E-state index in [9.17, 15) is 9.59 Å². The van der Waals surface area contributed by atoms with E-state index in [2.05, 4.69) is 5.32 Å². The number of anilines is 1. The molecule has 22 heavy (non-hydrogen) atoms. The van der Waals surface area contributed by atoms with E-state index in [1.165, 1.54) is 11.3 Å². The molecule has 0 aliphatic rings. The Morgan fingerprint density at radius 1 is 1.32 bits per heavy atom. The molecule has 2 rings (SSSR count). The van der Waals surface area contributed by atoms with Crippen molar-refractivity contribution < 1.29 is 14.3 Å². The van der Waals surface area contributed by atoms with Crippen molar-refractivity contribution in [3.05, 3.63) is 51.9 Å². The number of nitriles is 1. The van der Waals surface area contributed by atoms with Crippen LogP contribution in [0.25, 0.3) is 0 Å². The zero-order chi connectivity index (χ0) is 16.1. The lowest BCUT2D eigenvalue weighted by molar-refractivity contribution is 0.0531. The third kappa shape index (κ3) is 3.51. The number of esters is 1. The maximum Gasteiger partial charge on any atom is 0.348 e. The molecule has 0 atom stereocenters. The van der Waals surface area contributed by atoms with Gasteiger partial charge in [-0.3, -0.25) is 4.79 Å². The Hall–Kier alpha value is -2.65. The first-order valence-electron chi connectivity index (χ1n) is 6.64. The lowest BCUT2D eigenvalue weighted by atomic mass is 10.1. The molecule has 6 heteroatoms. The van der Waals surface area contributed by atoms with Crippen LogP contribution in [-0.4, -0.2) is 18.5 Å². The largest absolute Gasteiger partial charge is 0.462 e. The van der Waals surface area contributed by atoms with Crippen LogP contribution in [0, 0.1) is 18.3 Å². The number of nitrogens with one attached hydrogen (secondary N) is 1. The molecule has 5 nitrogen and oxygen atoms in total. The normalized spacial score (nSPS) is 9.86. The Labute approximate surface area is 132 Å². The number of ether oxygens (including phenoxy) is 1. The van der Waals surface area contributed by atoms with Crippen LogP contribution in [0.15, 0.2) is 30.3 Å². The highest BCUT2D eigenvalue weighted by molar-refractivity contribution is 7.18. The molecule has 2 aromatic rings. The lowest BCUT2D eigenvalue weighted by Gasteiger charge is -2.02. The second kappa shape index (κ2) is 6.87. The van der Waals surface area contributed by atoms with Crippen LogP contribution in [0.3, 0.4) is 0 Å². The number of rotatable bonds is 4. The van der Waals surface area contributed by atoms with Crippen LogP contribution in [0.1, 0.15) is 38.1 Å². The van der Waals surface area contributed by atoms with Gasteiger partial charge in [0.05, 0.1) is 23.2 Å². The minimum atomic E-state index is -0.385. The van der Waals surface area contributed by atoms with Gasteiger partial charge in [0.1, 0.15) is 4.88 Å². The number of carbonyl (C=O) groups is 2. The molecule has 1 heterocycles. The van der Waals surface area contributed by atoms with Gasteiger partial charge in [-0.1, -0.05) is 0 Å². The summed E-state index contributed by atoms with van der Waals surface area (Å²) in [5.74, 6) is -0.676. The number of amides is 1. The van der Waals surface area contributed by atoms with Crippen molar-refractivity contribution in [3.63, 3.8) is 0 Å². The maximum absolute atomic E-state index is 12.1. The third-order valence-corrected chi connectivity index (χ3v) is 4.02. The number of hydrogen-bond acceptors (Lipinski definition) is 5. The topological polar surface area (TPSA) is 79.2 Å². The van der Waals surface area contributed by atoms with E-state index in [0.717, 1.165) is 5.56 Å². The van der Waals surface area contributed by atoms with E-state index in [1.54, 1.807) is 44.2 Å². The van der Waals surface area contributed by atoms with E-state index in [-0.39, 0.29) is 11.9 Å². The SMILES string of the molecule is CCOC(=O)c1sc(NC(=O)c2ccc(C#N)cc2)cc1C. The standard InChI is InChI=1S/C16H14N2O3S/c1-3-21-16(20)14-10(2)8-13(22-14)18-15(19)12-6-4-11(9-17)5-7-12/h4-8H,3H2,1-2H3,(H,18,19). The Morgan fingerprint density at radius 3 is 2.59 bits per heavy atom. The minimum Gasteiger partial charge on any atom is -0.462 e. The number of benzene rings is 1. The van der Waals surface area contributed by atoms with Gasteiger partial charge >= 0.3 is 5.97 Å². The summed E-state index contributed by atoms with van der Waals surface area (Å²) >= 11 is 1.18. The molecule has 0 aliphatic carbocycles. The van der Waals surface area contributed by atoms with Gasteiger partial charge in [-0.05, 0) is 49.7 Å². The van der Waals surface area contributed by atoms with Crippen molar-refractivity contribution in [1.82, 2.24) is 0 Å². The van der Waals surface area contributed by atoms with E-state index in [0.29, 0.717) is 27.6 Å². The smallest absolute Gasteiger partial charge is 0.348 e. The van der Waals surface area contributed by atoms with Gasteiger partial charge in [0.2, 0.25) is 0 Å². The van der Waals surface area contributed by atoms with Crippen molar-refractivity contribution >= 4 is 28.2 Å². The number of carbonyl (C=O) groups excluding carboxylic acids is 2. The van der Waals surface area contributed by atoms with Gasteiger partial charge in [-0.25, -0.2) is 4.79 Å². The first-order valence-corrected chi connectivity index (χ1v) is 7.46. The van der Waals surface area contributed by atoms with Gasteiger partial charge in [0.15, 0.2) is 0 Å². The number of aryl methyl sites for hydroxylation is 1. The summed E-state index contributed by atoms with van der Waals surface area (Å²) in [6, 6.07) is 10.1. The molecular formula is C16H14N2O3S. The van der Waals surface area contributed by atoms with Gasteiger partial charge in [0.25, 0.3) is 5.91 Å². The van der Waals surface area contributed by atoms with Crippen LogP contribution >= 0.6 is 11.3 Å². The minimum absolute atomic E-state index is 0.291. The van der Waals surface area contributed by atoms with E-state index in [1.807, 2.05) is 6.07 Å². The van der Waals surface area contributed by atoms with Crippen LogP contribution in [0.4, 0.5) is 5.00 Å². The van der Waals surface area contributed by atoms with E-state index < -0.39 is 0 Å². The summed E-state index contributed by atoms with van der Waals surface area (Å²) in [7, 11) is 0.